The van der Waals surface area contributed by atoms with Crippen LogP contribution in [0.3, 0.4) is 0 Å². The molecule has 1 aliphatic rings. The first-order valence-corrected chi connectivity index (χ1v) is 11.1. The van der Waals surface area contributed by atoms with Gasteiger partial charge in [0.2, 0.25) is 0 Å². The molecule has 3 aromatic carbocycles. The van der Waals surface area contributed by atoms with Crippen molar-refractivity contribution in [2.45, 2.75) is 0 Å². The number of phenolic OH excluding ortho intramolecular Hbond substituents is 1. The minimum Gasteiger partial charge on any atom is -0.507 e. The van der Waals surface area contributed by atoms with Gasteiger partial charge in [-0.1, -0.05) is 39.1 Å². The molecule has 1 amide bonds. The van der Waals surface area contributed by atoms with Crippen LogP contribution in [0.2, 0.25) is 10.0 Å². The van der Waals surface area contributed by atoms with Gasteiger partial charge in [-0.25, -0.2) is 4.99 Å². The van der Waals surface area contributed by atoms with Crippen LogP contribution in [-0.2, 0) is 4.79 Å². The highest BCUT2D eigenvalue weighted by Gasteiger charge is 2.35. The number of halogens is 3. The van der Waals surface area contributed by atoms with E-state index in [4.69, 9.17) is 23.2 Å². The van der Waals surface area contributed by atoms with Crippen molar-refractivity contribution in [2.75, 3.05) is 4.90 Å². The van der Waals surface area contributed by atoms with Gasteiger partial charge in [-0.2, -0.15) is 0 Å². The van der Waals surface area contributed by atoms with E-state index in [-0.39, 0.29) is 11.7 Å². The first kappa shape index (κ1) is 21.0. The Balaban J connectivity index is 1.79. The summed E-state index contributed by atoms with van der Waals surface area (Å²) in [5.74, 6) is -0.158. The Morgan fingerprint density at radius 3 is 2.27 bits per heavy atom. The van der Waals surface area contributed by atoms with Gasteiger partial charge in [0.05, 0.1) is 16.3 Å². The number of phenols is 1. The Kier molecular flexibility index (Phi) is 6.20. The molecule has 4 rings (SSSR count). The molecule has 1 N–H and O–H groups in total. The van der Waals surface area contributed by atoms with E-state index in [2.05, 4.69) is 20.9 Å². The lowest BCUT2D eigenvalue weighted by Crippen LogP contribution is -2.28. The van der Waals surface area contributed by atoms with E-state index in [0.717, 1.165) is 4.47 Å². The molecule has 4 nitrogen and oxygen atoms in total. The van der Waals surface area contributed by atoms with Gasteiger partial charge in [0, 0.05) is 20.1 Å². The van der Waals surface area contributed by atoms with Crippen molar-refractivity contribution in [3.8, 4) is 5.75 Å². The highest BCUT2D eigenvalue weighted by atomic mass is 79.9. The molecule has 150 valence electrons. The molecule has 0 atom stereocenters. The van der Waals surface area contributed by atoms with E-state index in [1.807, 2.05) is 0 Å². The number of benzene rings is 3. The van der Waals surface area contributed by atoms with E-state index >= 15 is 0 Å². The van der Waals surface area contributed by atoms with Crippen molar-refractivity contribution in [2.24, 2.45) is 4.99 Å². The molecule has 8 heteroatoms. The zero-order valence-corrected chi connectivity index (χ0v) is 19.1. The van der Waals surface area contributed by atoms with E-state index in [1.54, 1.807) is 72.8 Å². The summed E-state index contributed by atoms with van der Waals surface area (Å²) in [7, 11) is 0. The first-order chi connectivity index (χ1) is 14.4. The smallest absolute Gasteiger partial charge is 0.271 e. The summed E-state index contributed by atoms with van der Waals surface area (Å²) in [6.07, 6.45) is 1.65. The average molecular weight is 520 g/mol. The summed E-state index contributed by atoms with van der Waals surface area (Å²) < 4.78 is 0.798. The third kappa shape index (κ3) is 4.57. The first-order valence-electron chi connectivity index (χ1n) is 8.73. The second-order valence-corrected chi connectivity index (χ2v) is 9.10. The van der Waals surface area contributed by atoms with Crippen LogP contribution in [0.5, 0.6) is 5.75 Å². The zero-order valence-electron chi connectivity index (χ0n) is 15.2. The predicted molar refractivity (Wildman–Crippen MR) is 129 cm³/mol. The molecule has 0 bridgehead atoms. The topological polar surface area (TPSA) is 52.9 Å². The number of rotatable bonds is 3. The van der Waals surface area contributed by atoms with Crippen molar-refractivity contribution in [1.29, 1.82) is 0 Å². The second-order valence-electron chi connectivity index (χ2n) is 6.30. The Bertz CT molecular complexity index is 1180. The van der Waals surface area contributed by atoms with E-state index < -0.39 is 0 Å². The van der Waals surface area contributed by atoms with Gasteiger partial charge in [0.15, 0.2) is 5.17 Å². The number of nitrogens with zero attached hydrogens (tertiary/aromatic N) is 2. The van der Waals surface area contributed by atoms with Crippen molar-refractivity contribution in [3.05, 3.63) is 91.7 Å². The third-order valence-electron chi connectivity index (χ3n) is 4.22. The fourth-order valence-electron chi connectivity index (χ4n) is 2.77. The summed E-state index contributed by atoms with van der Waals surface area (Å²) in [5.41, 5.74) is 1.84. The van der Waals surface area contributed by atoms with Gasteiger partial charge >= 0.3 is 0 Å². The molecule has 3 aromatic rings. The lowest BCUT2D eigenvalue weighted by molar-refractivity contribution is -0.113. The normalized spacial score (nSPS) is 16.6. The lowest BCUT2D eigenvalue weighted by atomic mass is 10.2. The van der Waals surface area contributed by atoms with Gasteiger partial charge in [-0.05, 0) is 84.6 Å². The van der Waals surface area contributed by atoms with Crippen molar-refractivity contribution in [3.63, 3.8) is 0 Å². The molecule has 1 heterocycles. The maximum atomic E-state index is 13.3. The van der Waals surface area contributed by atoms with Crippen LogP contribution in [0.4, 0.5) is 11.4 Å². The fraction of sp³-hybridized carbons (Fsp3) is 0. The van der Waals surface area contributed by atoms with Gasteiger partial charge < -0.3 is 5.11 Å². The van der Waals surface area contributed by atoms with E-state index in [9.17, 15) is 9.90 Å². The minimum absolute atomic E-state index is 0.0835. The van der Waals surface area contributed by atoms with Crippen LogP contribution in [0, 0.1) is 0 Å². The average Bonchev–Trinajstić information content (AvgIpc) is 3.02. The van der Waals surface area contributed by atoms with Crippen molar-refractivity contribution >= 4 is 79.4 Å². The standard InChI is InChI=1S/C22H13BrCl2N2O2S/c23-14-1-10-19(28)13(11-14)12-20-21(29)27(18-8-4-16(25)5-9-18)22(30-20)26-17-6-2-15(24)3-7-17/h1-12,28H/b20-12-,26-22?. The molecule has 0 radical (unpaired) electrons. The fourth-order valence-corrected chi connectivity index (χ4v) is 4.40. The molecule has 1 fully saturated rings. The Morgan fingerprint density at radius 2 is 1.60 bits per heavy atom. The lowest BCUT2D eigenvalue weighted by Gasteiger charge is -2.15. The molecule has 0 unspecified atom stereocenters. The summed E-state index contributed by atoms with van der Waals surface area (Å²) in [4.78, 5) is 19.9. The number of amidine groups is 1. The SMILES string of the molecule is O=C1/C(=C/c2cc(Br)ccc2O)SC(=Nc2ccc(Cl)cc2)N1c1ccc(Cl)cc1. The molecule has 0 aromatic heterocycles. The number of hydrogen-bond donors (Lipinski definition) is 1. The molecular formula is C22H13BrCl2N2O2S. The Labute approximate surface area is 196 Å². The molecule has 0 aliphatic carbocycles. The van der Waals surface area contributed by atoms with Gasteiger partial charge in [0.1, 0.15) is 5.75 Å². The van der Waals surface area contributed by atoms with Crippen molar-refractivity contribution in [1.82, 2.24) is 0 Å². The minimum atomic E-state index is -0.241. The van der Waals surface area contributed by atoms with Crippen LogP contribution >= 0.6 is 50.9 Å². The number of hydrogen-bond acceptors (Lipinski definition) is 4. The quantitative estimate of drug-likeness (QED) is 0.370. The summed E-state index contributed by atoms with van der Waals surface area (Å²) >= 11 is 16.6. The van der Waals surface area contributed by atoms with Crippen LogP contribution in [-0.4, -0.2) is 16.2 Å². The number of thioether (sulfide) groups is 1. The highest BCUT2D eigenvalue weighted by molar-refractivity contribution is 9.10. The number of anilines is 1. The number of amides is 1. The van der Waals surface area contributed by atoms with Gasteiger partial charge in [-0.3, -0.25) is 9.69 Å². The van der Waals surface area contributed by atoms with Crippen LogP contribution in [0.1, 0.15) is 5.56 Å². The third-order valence-corrected chi connectivity index (χ3v) is 6.18. The maximum Gasteiger partial charge on any atom is 0.271 e. The molecular weight excluding hydrogens is 507 g/mol. The Hall–Kier alpha value is -2.25. The predicted octanol–water partition coefficient (Wildman–Crippen LogP) is 7.27. The van der Waals surface area contributed by atoms with Gasteiger partial charge in [0.25, 0.3) is 5.91 Å². The van der Waals surface area contributed by atoms with Crippen molar-refractivity contribution < 1.29 is 9.90 Å². The summed E-state index contributed by atoms with van der Waals surface area (Å²) in [6, 6.07) is 19.1. The monoisotopic (exact) mass is 518 g/mol. The molecule has 1 aliphatic heterocycles. The van der Waals surface area contributed by atoms with Crippen LogP contribution in [0.25, 0.3) is 6.08 Å². The number of carbonyl (C=O) groups excluding carboxylic acids is 1. The molecule has 1 saturated heterocycles. The zero-order chi connectivity index (χ0) is 21.3. The number of aliphatic imine (C=N–C) groups is 1. The maximum absolute atomic E-state index is 13.3. The van der Waals surface area contributed by atoms with Gasteiger partial charge in [-0.15, -0.1) is 0 Å². The second kappa shape index (κ2) is 8.86. The molecule has 30 heavy (non-hydrogen) atoms. The van der Waals surface area contributed by atoms with Crippen LogP contribution < -0.4 is 4.90 Å². The molecule has 0 spiro atoms. The Morgan fingerprint density at radius 1 is 0.967 bits per heavy atom. The summed E-state index contributed by atoms with van der Waals surface area (Å²) in [5, 5.41) is 11.8. The number of aromatic hydroxyl groups is 1. The van der Waals surface area contributed by atoms with E-state index in [1.165, 1.54) is 16.7 Å². The summed E-state index contributed by atoms with van der Waals surface area (Å²) in [6.45, 7) is 0. The van der Waals surface area contributed by atoms with E-state index in [0.29, 0.717) is 37.1 Å². The van der Waals surface area contributed by atoms with Crippen LogP contribution in [0.15, 0.2) is 81.1 Å². The largest absolute Gasteiger partial charge is 0.507 e. The number of carbonyl (C=O) groups is 1. The molecule has 0 saturated carbocycles. The highest BCUT2D eigenvalue weighted by Crippen LogP contribution is 2.39.